The summed E-state index contributed by atoms with van der Waals surface area (Å²) < 4.78 is 10.9. The third-order valence-electron chi connectivity index (χ3n) is 8.67. The van der Waals surface area contributed by atoms with Crippen LogP contribution in [0.1, 0.15) is 62.3 Å². The molecule has 1 N–H and O–H groups in total. The fraction of sp³-hybridized carbons (Fsp3) is 0.361. The summed E-state index contributed by atoms with van der Waals surface area (Å²) >= 11 is 11.7. The second kappa shape index (κ2) is 18.4. The number of alkyl halides is 2. The fourth-order valence-electron chi connectivity index (χ4n) is 6.17. The summed E-state index contributed by atoms with van der Waals surface area (Å²) in [6.45, 7) is 4.66. The van der Waals surface area contributed by atoms with Gasteiger partial charge in [-0.1, -0.05) is 24.3 Å². The third kappa shape index (κ3) is 8.83. The van der Waals surface area contributed by atoms with E-state index in [1.54, 1.807) is 50.0 Å². The van der Waals surface area contributed by atoms with Gasteiger partial charge in [0, 0.05) is 88.0 Å². The van der Waals surface area contributed by atoms with E-state index in [1.807, 2.05) is 45.9 Å². The summed E-state index contributed by atoms with van der Waals surface area (Å²) in [5, 5.41) is 8.74. The lowest BCUT2D eigenvalue weighted by Gasteiger charge is -2.22. The molecule has 270 valence electrons. The minimum atomic E-state index is -0.774. The molecule has 5 aromatic rings. The summed E-state index contributed by atoms with van der Waals surface area (Å²) in [6.07, 6.45) is 6.28. The number of nitrogens with zero attached hydrogens (tertiary/aromatic N) is 7. The van der Waals surface area contributed by atoms with E-state index in [1.165, 1.54) is 0 Å². The van der Waals surface area contributed by atoms with Crippen LogP contribution in [0.3, 0.4) is 0 Å². The third-order valence-corrected chi connectivity index (χ3v) is 9.01. The minimum Gasteiger partial charge on any atom is -1.00 e. The van der Waals surface area contributed by atoms with E-state index in [0.29, 0.717) is 66.8 Å². The van der Waals surface area contributed by atoms with Gasteiger partial charge in [-0.25, -0.2) is 14.1 Å². The Balaban J connectivity index is 0.000000228. The topological polar surface area (TPSA) is 136 Å². The Morgan fingerprint density at radius 1 is 1.04 bits per heavy atom. The quantitative estimate of drug-likeness (QED) is 0.129. The second-order valence-electron chi connectivity index (χ2n) is 11.7. The highest BCUT2D eigenvalue weighted by atomic mass is 79.9. The molecule has 0 atom stereocenters. The maximum atomic E-state index is 13.3. The maximum absolute atomic E-state index is 13.3. The molecule has 0 saturated heterocycles. The van der Waals surface area contributed by atoms with Crippen LogP contribution in [-0.2, 0) is 36.1 Å². The van der Waals surface area contributed by atoms with Crippen LogP contribution in [0.2, 0.25) is 0 Å². The molecular formula is C36H40BrCl2N7O5. The number of ketones is 2. The van der Waals surface area contributed by atoms with Crippen molar-refractivity contribution in [3.8, 4) is 0 Å². The van der Waals surface area contributed by atoms with Crippen molar-refractivity contribution in [1.29, 1.82) is 0 Å². The number of imidazole rings is 2. The van der Waals surface area contributed by atoms with E-state index < -0.39 is 5.97 Å². The molecule has 0 saturated carbocycles. The molecule has 0 radical (unpaired) electrons. The van der Waals surface area contributed by atoms with E-state index in [0.717, 1.165) is 47.2 Å². The summed E-state index contributed by atoms with van der Waals surface area (Å²) in [5.41, 5.74) is 5.41. The zero-order valence-electron chi connectivity index (χ0n) is 28.7. The van der Waals surface area contributed by atoms with Gasteiger partial charge in [0.05, 0.1) is 23.8 Å². The van der Waals surface area contributed by atoms with Crippen LogP contribution >= 0.6 is 23.2 Å². The molecule has 3 heterocycles. The van der Waals surface area contributed by atoms with Crippen molar-refractivity contribution in [3.63, 3.8) is 0 Å². The first kappa shape index (κ1) is 39.6. The van der Waals surface area contributed by atoms with Crippen molar-refractivity contribution < 1.29 is 45.8 Å². The molecule has 12 nitrogen and oxygen atoms in total. The van der Waals surface area contributed by atoms with Gasteiger partial charge in [0.1, 0.15) is 24.6 Å². The highest BCUT2D eigenvalue weighted by Gasteiger charge is 2.42. The maximum Gasteiger partial charge on any atom is 0.303 e. The standard InChI is InChI=1S/C20H19N4O3.C16H21Cl2N3O2.BrH/c1-13-23(9-10-27-2)17-18(24(13)12-14-11-21-7-8-22-14)20(26)16-6-4-3-5-15(16)19(17)25;1-20-14-6-5-12(21(9-7-17)10-8-18)11-13(14)19-15(20)3-2-4-16(22)23;/h3-8,11H,9-10,12H2,1-2H3;5-6,11H,2-4,7-10H2,1H3,(H,22,23);1H/q+1;;/p-1. The normalized spacial score (nSPS) is 11.8. The number of carbonyl (C=O) groups excluding carboxylic acids is 2. The second-order valence-corrected chi connectivity index (χ2v) is 12.5. The predicted molar refractivity (Wildman–Crippen MR) is 191 cm³/mol. The summed E-state index contributed by atoms with van der Waals surface area (Å²) in [4.78, 5) is 52.3. The van der Waals surface area contributed by atoms with Crippen molar-refractivity contribution in [2.45, 2.75) is 39.3 Å². The molecule has 51 heavy (non-hydrogen) atoms. The number of ether oxygens (including phenoxy) is 1. The molecule has 1 aliphatic rings. The van der Waals surface area contributed by atoms with Gasteiger partial charge in [-0.3, -0.25) is 24.4 Å². The fourth-order valence-corrected chi connectivity index (χ4v) is 6.58. The summed E-state index contributed by atoms with van der Waals surface area (Å²) in [6, 6.07) is 13.1. The van der Waals surface area contributed by atoms with Crippen molar-refractivity contribution in [2.24, 2.45) is 7.05 Å². The smallest absolute Gasteiger partial charge is 0.303 e. The van der Waals surface area contributed by atoms with Gasteiger partial charge in [-0.2, -0.15) is 0 Å². The monoisotopic (exact) mass is 799 g/mol. The van der Waals surface area contributed by atoms with Crippen LogP contribution in [0, 0.1) is 6.92 Å². The van der Waals surface area contributed by atoms with Crippen molar-refractivity contribution >= 4 is 57.5 Å². The van der Waals surface area contributed by atoms with Gasteiger partial charge in [0.2, 0.25) is 23.0 Å². The highest BCUT2D eigenvalue weighted by molar-refractivity contribution is 6.26. The van der Waals surface area contributed by atoms with Crippen LogP contribution in [0.5, 0.6) is 0 Å². The summed E-state index contributed by atoms with van der Waals surface area (Å²) in [5.74, 6) is 1.72. The minimum absolute atomic E-state index is 0. The first-order valence-electron chi connectivity index (χ1n) is 16.3. The number of hydrogen-bond acceptors (Lipinski definition) is 8. The van der Waals surface area contributed by atoms with Gasteiger partial charge in [-0.15, -0.1) is 23.2 Å². The molecular weight excluding hydrogens is 761 g/mol. The van der Waals surface area contributed by atoms with Gasteiger partial charge < -0.3 is 36.3 Å². The van der Waals surface area contributed by atoms with Gasteiger partial charge >= 0.3 is 5.97 Å². The lowest BCUT2D eigenvalue weighted by atomic mass is 9.90. The first-order chi connectivity index (χ1) is 24.2. The molecule has 1 aliphatic carbocycles. The molecule has 0 unspecified atom stereocenters. The Kier molecular flexibility index (Phi) is 14.3. The number of rotatable bonds is 14. The zero-order valence-corrected chi connectivity index (χ0v) is 31.8. The van der Waals surface area contributed by atoms with E-state index in [4.69, 9.17) is 33.0 Å². The molecule has 0 amide bonds. The molecule has 0 bridgehead atoms. The van der Waals surface area contributed by atoms with Crippen LogP contribution in [0.25, 0.3) is 11.0 Å². The van der Waals surface area contributed by atoms with Gasteiger partial charge in [-0.05, 0) is 24.6 Å². The number of anilines is 1. The number of halogens is 3. The van der Waals surface area contributed by atoms with Crippen LogP contribution in [0.15, 0.2) is 61.1 Å². The molecule has 2 aromatic carbocycles. The molecule has 0 fully saturated rings. The number of carboxylic acid groups (broad SMARTS) is 1. The Bertz CT molecular complexity index is 1990. The number of aromatic nitrogens is 6. The van der Waals surface area contributed by atoms with Gasteiger partial charge in [0.15, 0.2) is 0 Å². The van der Waals surface area contributed by atoms with Crippen molar-refractivity contribution in [1.82, 2.24) is 24.1 Å². The Labute approximate surface area is 316 Å². The van der Waals surface area contributed by atoms with Crippen LogP contribution in [-0.4, -0.2) is 85.3 Å². The highest BCUT2D eigenvalue weighted by Crippen LogP contribution is 2.27. The lowest BCUT2D eigenvalue weighted by Crippen LogP contribution is -3.00. The van der Waals surface area contributed by atoms with E-state index in [2.05, 4.69) is 19.9 Å². The number of methoxy groups -OCH3 is 1. The van der Waals surface area contributed by atoms with Crippen molar-refractivity contribution in [3.05, 3.63) is 101 Å². The van der Waals surface area contributed by atoms with Crippen molar-refractivity contribution in [2.75, 3.05) is 43.5 Å². The average Bonchev–Trinajstić information content (AvgIpc) is 3.58. The molecule has 15 heteroatoms. The number of carboxylic acids is 1. The van der Waals surface area contributed by atoms with E-state index in [-0.39, 0.29) is 35.0 Å². The Morgan fingerprint density at radius 2 is 1.75 bits per heavy atom. The first-order valence-corrected chi connectivity index (χ1v) is 17.4. The number of fused-ring (bicyclic) bond motifs is 3. The zero-order chi connectivity index (χ0) is 35.8. The predicted octanol–water partition coefficient (Wildman–Crippen LogP) is 1.61. The van der Waals surface area contributed by atoms with E-state index >= 15 is 0 Å². The average molecular weight is 802 g/mol. The Hall–Kier alpha value is -4.17. The number of aliphatic carboxylic acids is 1. The van der Waals surface area contributed by atoms with Crippen LogP contribution in [0.4, 0.5) is 5.69 Å². The molecule has 0 aliphatic heterocycles. The number of hydrogen-bond donors (Lipinski definition) is 1. The van der Waals surface area contributed by atoms with E-state index in [9.17, 15) is 14.4 Å². The molecule has 3 aromatic heterocycles. The molecule has 0 spiro atoms. The summed E-state index contributed by atoms with van der Waals surface area (Å²) in [7, 11) is 3.57. The number of benzene rings is 2. The Morgan fingerprint density at radius 3 is 2.37 bits per heavy atom. The number of aryl methyl sites for hydroxylation is 2. The van der Waals surface area contributed by atoms with Gasteiger partial charge in [0.25, 0.3) is 5.82 Å². The number of carbonyl (C=O) groups is 3. The largest absolute Gasteiger partial charge is 1.00 e. The van der Waals surface area contributed by atoms with Crippen LogP contribution < -0.4 is 26.4 Å². The SMILES string of the molecule is COCCn1c2c([n+](Cc3cnccn3)c1C)C(=O)c1ccccc1C2=O.Cn1c(CCCC(=O)O)nc2cc(N(CCCl)CCCl)ccc21.[Br-]. The lowest BCUT2D eigenvalue weighted by molar-refractivity contribution is -0.696. The molecule has 6 rings (SSSR count).